The van der Waals surface area contributed by atoms with Gasteiger partial charge in [0.1, 0.15) is 0 Å². The molecular formula is C12H21N3O. The van der Waals surface area contributed by atoms with Gasteiger partial charge in [0, 0.05) is 12.8 Å². The molecule has 2 atom stereocenters. The van der Waals surface area contributed by atoms with Crippen LogP contribution in [0.25, 0.3) is 0 Å². The first-order valence-corrected chi connectivity index (χ1v) is 6.31. The Bertz CT molecular complexity index is 324. The predicted molar refractivity (Wildman–Crippen MR) is 62.1 cm³/mol. The van der Waals surface area contributed by atoms with E-state index in [-0.39, 0.29) is 6.61 Å². The molecule has 2 unspecified atom stereocenters. The summed E-state index contributed by atoms with van der Waals surface area (Å²) in [7, 11) is 0. The summed E-state index contributed by atoms with van der Waals surface area (Å²) >= 11 is 0. The zero-order valence-corrected chi connectivity index (χ0v) is 9.97. The van der Waals surface area contributed by atoms with Gasteiger partial charge in [0.2, 0.25) is 0 Å². The van der Waals surface area contributed by atoms with E-state index >= 15 is 0 Å². The predicted octanol–water partition coefficient (Wildman–Crippen LogP) is 1.95. The van der Waals surface area contributed by atoms with E-state index in [4.69, 9.17) is 5.11 Å². The summed E-state index contributed by atoms with van der Waals surface area (Å²) in [4.78, 5) is 0. The first-order valence-electron chi connectivity index (χ1n) is 6.31. The minimum Gasteiger partial charge on any atom is -0.396 e. The Morgan fingerprint density at radius 3 is 3.12 bits per heavy atom. The summed E-state index contributed by atoms with van der Waals surface area (Å²) in [5, 5.41) is 17.1. The van der Waals surface area contributed by atoms with Crippen LogP contribution in [0.15, 0.2) is 6.20 Å². The lowest BCUT2D eigenvalue weighted by Gasteiger charge is -2.26. The third-order valence-electron chi connectivity index (χ3n) is 3.43. The Kier molecular flexibility index (Phi) is 3.93. The average Bonchev–Trinajstić information content (AvgIpc) is 2.75. The number of aromatic nitrogens is 3. The van der Waals surface area contributed by atoms with Gasteiger partial charge in [-0.3, -0.25) is 0 Å². The molecule has 90 valence electrons. The normalized spacial score (nSPS) is 25.9. The van der Waals surface area contributed by atoms with Crippen molar-refractivity contribution in [2.75, 3.05) is 6.61 Å². The molecule has 1 fully saturated rings. The third kappa shape index (κ3) is 2.82. The molecule has 2 rings (SSSR count). The van der Waals surface area contributed by atoms with E-state index in [1.165, 1.54) is 25.7 Å². The third-order valence-corrected chi connectivity index (χ3v) is 3.43. The van der Waals surface area contributed by atoms with Crippen molar-refractivity contribution in [1.29, 1.82) is 0 Å². The highest BCUT2D eigenvalue weighted by molar-refractivity contribution is 4.94. The van der Waals surface area contributed by atoms with Crippen LogP contribution in [0.4, 0.5) is 0 Å². The van der Waals surface area contributed by atoms with Crippen LogP contribution in [0.5, 0.6) is 0 Å². The Labute approximate surface area is 96.7 Å². The fourth-order valence-corrected chi connectivity index (χ4v) is 2.51. The van der Waals surface area contributed by atoms with Crippen molar-refractivity contribution < 1.29 is 5.11 Å². The lowest BCUT2D eigenvalue weighted by atomic mass is 9.87. The topological polar surface area (TPSA) is 50.9 Å². The Morgan fingerprint density at radius 1 is 1.50 bits per heavy atom. The lowest BCUT2D eigenvalue weighted by Crippen LogP contribution is -2.18. The van der Waals surface area contributed by atoms with Gasteiger partial charge in [-0.25, -0.2) is 4.68 Å². The van der Waals surface area contributed by atoms with E-state index in [1.54, 1.807) is 0 Å². The summed E-state index contributed by atoms with van der Waals surface area (Å²) in [5.74, 6) is 0.809. The van der Waals surface area contributed by atoms with Crippen molar-refractivity contribution in [3.05, 3.63) is 11.9 Å². The fourth-order valence-electron chi connectivity index (χ4n) is 2.51. The van der Waals surface area contributed by atoms with E-state index in [0.717, 1.165) is 24.5 Å². The highest BCUT2D eigenvalue weighted by Crippen LogP contribution is 2.31. The molecule has 1 aromatic rings. The molecule has 0 aliphatic heterocycles. The summed E-state index contributed by atoms with van der Waals surface area (Å²) < 4.78 is 2.03. The number of aliphatic hydroxyl groups is 1. The van der Waals surface area contributed by atoms with Gasteiger partial charge in [-0.1, -0.05) is 25.0 Å². The molecule has 0 radical (unpaired) electrons. The van der Waals surface area contributed by atoms with E-state index in [2.05, 4.69) is 23.4 Å². The van der Waals surface area contributed by atoms with E-state index < -0.39 is 0 Å². The van der Waals surface area contributed by atoms with Gasteiger partial charge in [-0.2, -0.15) is 0 Å². The number of nitrogens with zero attached hydrogens (tertiary/aromatic N) is 3. The highest BCUT2D eigenvalue weighted by Gasteiger charge is 2.21. The van der Waals surface area contributed by atoms with E-state index in [0.29, 0.717) is 6.04 Å². The molecule has 1 aromatic heterocycles. The van der Waals surface area contributed by atoms with Gasteiger partial charge in [-0.15, -0.1) is 5.10 Å². The fraction of sp³-hybridized carbons (Fsp3) is 0.833. The van der Waals surface area contributed by atoms with Crippen molar-refractivity contribution in [1.82, 2.24) is 15.0 Å². The molecule has 0 amide bonds. The largest absolute Gasteiger partial charge is 0.396 e. The van der Waals surface area contributed by atoms with Crippen molar-refractivity contribution in [3.8, 4) is 0 Å². The first-order chi connectivity index (χ1) is 7.79. The molecule has 4 heteroatoms. The Balaban J connectivity index is 1.95. The standard InChI is InChI=1S/C12H21N3O/c1-10-4-2-6-12(8-10)15-9-11(13-14-15)5-3-7-16/h9-10,12,16H,2-8H2,1H3. The van der Waals surface area contributed by atoms with Crippen LogP contribution >= 0.6 is 0 Å². The average molecular weight is 223 g/mol. The maximum Gasteiger partial charge on any atom is 0.0828 e. The molecule has 1 aliphatic rings. The number of hydrogen-bond acceptors (Lipinski definition) is 3. The van der Waals surface area contributed by atoms with Gasteiger partial charge >= 0.3 is 0 Å². The summed E-state index contributed by atoms with van der Waals surface area (Å²) in [5.41, 5.74) is 1.01. The minimum atomic E-state index is 0.229. The molecule has 0 aromatic carbocycles. The van der Waals surface area contributed by atoms with Gasteiger partial charge in [0.05, 0.1) is 11.7 Å². The van der Waals surface area contributed by atoms with Gasteiger partial charge < -0.3 is 5.11 Å². The van der Waals surface area contributed by atoms with Crippen LogP contribution in [0.1, 0.15) is 50.8 Å². The number of rotatable bonds is 4. The summed E-state index contributed by atoms with van der Waals surface area (Å²) in [6.45, 7) is 2.54. The maximum absolute atomic E-state index is 8.76. The molecule has 1 heterocycles. The number of aryl methyl sites for hydroxylation is 1. The SMILES string of the molecule is CC1CCCC(n2cc(CCCO)nn2)C1. The van der Waals surface area contributed by atoms with Gasteiger partial charge in [0.25, 0.3) is 0 Å². The molecular weight excluding hydrogens is 202 g/mol. The summed E-state index contributed by atoms with van der Waals surface area (Å²) in [6, 6.07) is 0.541. The molecule has 1 aliphatic carbocycles. The van der Waals surface area contributed by atoms with Crippen molar-refractivity contribution in [2.45, 2.75) is 51.5 Å². The minimum absolute atomic E-state index is 0.229. The van der Waals surface area contributed by atoms with Crippen molar-refractivity contribution in [3.63, 3.8) is 0 Å². The monoisotopic (exact) mass is 223 g/mol. The zero-order valence-electron chi connectivity index (χ0n) is 9.97. The Hall–Kier alpha value is -0.900. The maximum atomic E-state index is 8.76. The van der Waals surface area contributed by atoms with Crippen LogP contribution < -0.4 is 0 Å². The van der Waals surface area contributed by atoms with E-state index in [9.17, 15) is 0 Å². The number of hydrogen-bond donors (Lipinski definition) is 1. The van der Waals surface area contributed by atoms with Crippen LogP contribution in [0.3, 0.4) is 0 Å². The van der Waals surface area contributed by atoms with Crippen LogP contribution in [0, 0.1) is 5.92 Å². The van der Waals surface area contributed by atoms with Crippen molar-refractivity contribution in [2.24, 2.45) is 5.92 Å². The quantitative estimate of drug-likeness (QED) is 0.848. The highest BCUT2D eigenvalue weighted by atomic mass is 16.2. The second-order valence-electron chi connectivity index (χ2n) is 4.94. The molecule has 1 N–H and O–H groups in total. The second kappa shape index (κ2) is 5.43. The molecule has 4 nitrogen and oxygen atoms in total. The lowest BCUT2D eigenvalue weighted by molar-refractivity contribution is 0.263. The van der Waals surface area contributed by atoms with Crippen LogP contribution in [-0.4, -0.2) is 26.7 Å². The molecule has 0 saturated heterocycles. The van der Waals surface area contributed by atoms with Gasteiger partial charge in [0.15, 0.2) is 0 Å². The molecule has 1 saturated carbocycles. The molecule has 0 spiro atoms. The summed E-state index contributed by atoms with van der Waals surface area (Å²) in [6.07, 6.45) is 8.77. The second-order valence-corrected chi connectivity index (χ2v) is 4.94. The van der Waals surface area contributed by atoms with Crippen LogP contribution in [0.2, 0.25) is 0 Å². The van der Waals surface area contributed by atoms with Crippen molar-refractivity contribution >= 4 is 0 Å². The molecule has 0 bridgehead atoms. The Morgan fingerprint density at radius 2 is 2.38 bits per heavy atom. The van der Waals surface area contributed by atoms with E-state index in [1.807, 2.05) is 4.68 Å². The first kappa shape index (κ1) is 11.6. The smallest absolute Gasteiger partial charge is 0.0828 e. The van der Waals surface area contributed by atoms with Crippen LogP contribution in [-0.2, 0) is 6.42 Å². The zero-order chi connectivity index (χ0) is 11.4. The van der Waals surface area contributed by atoms with Gasteiger partial charge in [-0.05, 0) is 31.6 Å². The number of aliphatic hydroxyl groups excluding tert-OH is 1. The molecule has 16 heavy (non-hydrogen) atoms.